The largest absolute Gasteiger partial charge is 0.492 e. The van der Waals surface area contributed by atoms with Crippen LogP contribution in [0.4, 0.5) is 20.3 Å². The van der Waals surface area contributed by atoms with Crippen molar-refractivity contribution in [3.05, 3.63) is 107 Å². The van der Waals surface area contributed by atoms with Crippen molar-refractivity contribution >= 4 is 46.6 Å². The molecule has 75 heavy (non-hydrogen) atoms. The summed E-state index contributed by atoms with van der Waals surface area (Å²) in [6, 6.07) is 16.0. The van der Waals surface area contributed by atoms with Gasteiger partial charge in [-0.1, -0.05) is 6.07 Å². The average molecular weight is 1030 g/mol. The van der Waals surface area contributed by atoms with E-state index in [9.17, 15) is 38.0 Å². The molecule has 10 rings (SSSR count). The van der Waals surface area contributed by atoms with Gasteiger partial charge in [-0.15, -0.1) is 0 Å². The SMILES string of the molecule is CCOc1cc(-c2ccc(N3CCC(COCCN4CCN(C(=O)CCN5CCN(c6ccc7c(c6)C(=O)N(C6CCC(=O)NC6=O)C7)CC5)CC4)(NC(=O)c4cc(F)ccc4F)CC3)nc2)c2c(C#N)cnn2c1. The van der Waals surface area contributed by atoms with Gasteiger partial charge >= 0.3 is 0 Å². The molecule has 4 fully saturated rings. The van der Waals surface area contributed by atoms with Crippen molar-refractivity contribution in [2.45, 2.75) is 57.2 Å². The van der Waals surface area contributed by atoms with E-state index < -0.39 is 35.0 Å². The fourth-order valence-corrected chi connectivity index (χ4v) is 10.9. The molecule has 19 nitrogen and oxygen atoms in total. The van der Waals surface area contributed by atoms with E-state index >= 15 is 0 Å². The summed E-state index contributed by atoms with van der Waals surface area (Å²) >= 11 is 0. The third-order valence-corrected chi connectivity index (χ3v) is 15.2. The highest BCUT2D eigenvalue weighted by Crippen LogP contribution is 2.34. The van der Waals surface area contributed by atoms with E-state index in [0.29, 0.717) is 126 Å². The predicted octanol–water partition coefficient (Wildman–Crippen LogP) is 3.85. The monoisotopic (exact) mass is 1030 g/mol. The van der Waals surface area contributed by atoms with Crippen LogP contribution in [0.3, 0.4) is 0 Å². The molecule has 0 spiro atoms. The number of halogens is 2. The fourth-order valence-electron chi connectivity index (χ4n) is 10.9. The number of anilines is 2. The van der Waals surface area contributed by atoms with E-state index in [4.69, 9.17) is 14.5 Å². The number of nitriles is 1. The third kappa shape index (κ3) is 11.1. The van der Waals surface area contributed by atoms with E-state index in [0.717, 1.165) is 66.8 Å². The number of imide groups is 1. The van der Waals surface area contributed by atoms with Crippen molar-refractivity contribution < 1.29 is 42.2 Å². The number of pyridine rings is 2. The van der Waals surface area contributed by atoms with Gasteiger partial charge in [0.1, 0.15) is 35.3 Å². The summed E-state index contributed by atoms with van der Waals surface area (Å²) in [7, 11) is 0. The standard InChI is InChI=1S/C54H60F2N12O7/c1-2-75-41-29-42(50-38(30-57)32-59-68(50)34-41)36-4-9-47(58-31-36)65-15-12-54(13-16-65,61-51(71)44-27-39(55)5-7-45(44)56)35-74-26-25-63-19-23-66(24-20-63)49(70)11-14-62-17-21-64(22-18-62)40-6-3-37-33-67(53(73)43(37)28-40)46-8-10-48(69)60-52(46)72/h3-7,9,27-29,31-32,34,46H,2,8,10-26,33,35H2,1H3,(H,61,71)(H,60,69,72). The van der Waals surface area contributed by atoms with Crippen molar-refractivity contribution in [2.24, 2.45) is 0 Å². The molecule has 0 saturated carbocycles. The molecule has 5 aliphatic heterocycles. The summed E-state index contributed by atoms with van der Waals surface area (Å²) < 4.78 is 42.8. The highest BCUT2D eigenvalue weighted by molar-refractivity contribution is 6.05. The summed E-state index contributed by atoms with van der Waals surface area (Å²) in [6.45, 7) is 11.1. The maximum atomic E-state index is 14.8. The number of piperazine rings is 2. The van der Waals surface area contributed by atoms with Gasteiger partial charge in [0.2, 0.25) is 17.7 Å². The Morgan fingerprint density at radius 2 is 1.65 bits per heavy atom. The zero-order chi connectivity index (χ0) is 52.2. The fraction of sp³-hybridized carbons (Fsp3) is 0.444. The molecule has 392 valence electrons. The van der Waals surface area contributed by atoms with Crippen LogP contribution in [0, 0.1) is 23.0 Å². The number of hydrogen-bond donors (Lipinski definition) is 2. The van der Waals surface area contributed by atoms with Crippen molar-refractivity contribution in [3.63, 3.8) is 0 Å². The minimum absolute atomic E-state index is 0.119. The zero-order valence-electron chi connectivity index (χ0n) is 41.9. The second-order valence-electron chi connectivity index (χ2n) is 19.8. The molecule has 5 aliphatic rings. The van der Waals surface area contributed by atoms with Gasteiger partial charge in [0, 0.05) is 126 Å². The maximum Gasteiger partial charge on any atom is 0.255 e. The number of ether oxygens (including phenoxy) is 2. The van der Waals surface area contributed by atoms with Crippen molar-refractivity contribution in [3.8, 4) is 22.9 Å². The number of fused-ring (bicyclic) bond motifs is 2. The van der Waals surface area contributed by atoms with Gasteiger partial charge in [-0.3, -0.25) is 39.1 Å². The normalized spacial score (nSPS) is 19.3. The van der Waals surface area contributed by atoms with Gasteiger partial charge in [0.15, 0.2) is 0 Å². The Morgan fingerprint density at radius 3 is 2.39 bits per heavy atom. The summed E-state index contributed by atoms with van der Waals surface area (Å²) in [6.07, 6.45) is 6.86. The van der Waals surface area contributed by atoms with Crippen LogP contribution in [0.1, 0.15) is 70.9 Å². The molecule has 0 aliphatic carbocycles. The first-order valence-corrected chi connectivity index (χ1v) is 25.7. The number of amides is 5. The molecular weight excluding hydrogens is 967 g/mol. The lowest BCUT2D eigenvalue weighted by Crippen LogP contribution is -2.58. The smallest absolute Gasteiger partial charge is 0.255 e. The Labute approximate surface area is 432 Å². The molecule has 4 saturated heterocycles. The van der Waals surface area contributed by atoms with Crippen LogP contribution in [0.2, 0.25) is 0 Å². The van der Waals surface area contributed by atoms with Gasteiger partial charge in [-0.05, 0) is 80.3 Å². The Kier molecular flexibility index (Phi) is 15.0. The predicted molar refractivity (Wildman–Crippen MR) is 272 cm³/mol. The molecular formula is C54H60F2N12O7. The Balaban J connectivity index is 0.680. The number of nitrogens with zero attached hydrogens (tertiary/aromatic N) is 10. The number of aromatic nitrogens is 3. The van der Waals surface area contributed by atoms with E-state index in [1.54, 1.807) is 21.8 Å². The quantitative estimate of drug-likeness (QED) is 0.107. The molecule has 0 radical (unpaired) electrons. The lowest BCUT2D eigenvalue weighted by Gasteiger charge is -2.43. The van der Waals surface area contributed by atoms with Gasteiger partial charge in [-0.2, -0.15) is 10.4 Å². The summed E-state index contributed by atoms with van der Waals surface area (Å²) in [5, 5.41) is 19.5. The van der Waals surface area contributed by atoms with Crippen LogP contribution in [0.15, 0.2) is 73.2 Å². The van der Waals surface area contributed by atoms with Crippen molar-refractivity contribution in [2.75, 3.05) is 108 Å². The number of hydrogen-bond acceptors (Lipinski definition) is 14. The van der Waals surface area contributed by atoms with E-state index in [2.05, 4.69) is 41.4 Å². The molecule has 0 bridgehead atoms. The van der Waals surface area contributed by atoms with Crippen LogP contribution in [0.25, 0.3) is 16.6 Å². The van der Waals surface area contributed by atoms with Gasteiger partial charge in [0.05, 0.1) is 54.4 Å². The maximum absolute atomic E-state index is 14.8. The number of piperidine rings is 2. The van der Waals surface area contributed by atoms with Crippen LogP contribution in [-0.2, 0) is 25.7 Å². The van der Waals surface area contributed by atoms with E-state index in [1.165, 1.54) is 6.20 Å². The minimum atomic E-state index is -0.878. The molecule has 21 heteroatoms. The number of carbonyl (C=O) groups is 5. The number of benzene rings is 2. The van der Waals surface area contributed by atoms with Gasteiger partial charge < -0.3 is 34.4 Å². The number of nitrogens with one attached hydrogen (secondary N) is 2. The second kappa shape index (κ2) is 22.1. The minimum Gasteiger partial charge on any atom is -0.492 e. The van der Waals surface area contributed by atoms with E-state index in [1.807, 2.05) is 48.2 Å². The topological polar surface area (TPSA) is 201 Å². The highest BCUT2D eigenvalue weighted by atomic mass is 19.1. The summed E-state index contributed by atoms with van der Waals surface area (Å²) in [4.78, 5) is 81.7. The Hall–Kier alpha value is -7.54. The summed E-state index contributed by atoms with van der Waals surface area (Å²) in [5.41, 5.74) is 3.77. The lowest BCUT2D eigenvalue weighted by atomic mass is 9.87. The lowest BCUT2D eigenvalue weighted by molar-refractivity contribution is -0.137. The third-order valence-electron chi connectivity index (χ3n) is 15.2. The van der Waals surface area contributed by atoms with Crippen LogP contribution < -0.4 is 25.2 Å². The first-order valence-electron chi connectivity index (χ1n) is 25.7. The highest BCUT2D eigenvalue weighted by Gasteiger charge is 2.40. The summed E-state index contributed by atoms with van der Waals surface area (Å²) in [5.74, 6) is -1.73. The molecule has 3 aromatic heterocycles. The van der Waals surface area contributed by atoms with Crippen molar-refractivity contribution in [1.82, 2.24) is 44.8 Å². The number of carbonyl (C=O) groups excluding carboxylic acids is 5. The van der Waals surface area contributed by atoms with Crippen LogP contribution in [-0.4, -0.2) is 174 Å². The first kappa shape index (κ1) is 51.0. The molecule has 1 unspecified atom stereocenters. The average Bonchev–Trinajstić information content (AvgIpc) is 4.00. The molecule has 5 aromatic rings. The van der Waals surface area contributed by atoms with Crippen LogP contribution >= 0.6 is 0 Å². The van der Waals surface area contributed by atoms with Gasteiger partial charge in [-0.25, -0.2) is 18.3 Å². The van der Waals surface area contributed by atoms with Crippen molar-refractivity contribution in [1.29, 1.82) is 5.26 Å². The molecule has 8 heterocycles. The molecule has 2 N–H and O–H groups in total. The second-order valence-corrected chi connectivity index (χ2v) is 19.8. The molecule has 2 aromatic carbocycles. The number of rotatable bonds is 16. The van der Waals surface area contributed by atoms with E-state index in [-0.39, 0.29) is 36.3 Å². The van der Waals surface area contributed by atoms with Gasteiger partial charge in [0.25, 0.3) is 11.8 Å². The van der Waals surface area contributed by atoms with Crippen LogP contribution in [0.5, 0.6) is 5.75 Å². The Morgan fingerprint density at radius 1 is 0.880 bits per heavy atom. The zero-order valence-corrected chi connectivity index (χ0v) is 41.9. The molecule has 5 amide bonds. The Bertz CT molecular complexity index is 3010. The first-order chi connectivity index (χ1) is 36.4. The molecule has 1 atom stereocenters.